The van der Waals surface area contributed by atoms with Crippen molar-refractivity contribution < 1.29 is 0 Å². The average molecular weight is 422 g/mol. The van der Waals surface area contributed by atoms with E-state index in [4.69, 9.17) is 11.6 Å². The summed E-state index contributed by atoms with van der Waals surface area (Å²) in [6, 6.07) is 15.8. The summed E-state index contributed by atoms with van der Waals surface area (Å²) in [7, 11) is 0. The molecular formula is C17H14BrClN4S. The van der Waals surface area contributed by atoms with Crippen LogP contribution in [0.1, 0.15) is 17.0 Å². The monoisotopic (exact) mass is 420 g/mol. The molecular weight excluding hydrogens is 408 g/mol. The minimum Gasteiger partial charge on any atom is -0.192 e. The van der Waals surface area contributed by atoms with Crippen LogP contribution in [-0.4, -0.2) is 21.1 Å². The Morgan fingerprint density at radius 2 is 2.00 bits per heavy atom. The molecule has 122 valence electrons. The lowest BCUT2D eigenvalue weighted by Crippen LogP contribution is -1.96. The Hall–Kier alpha value is -1.63. The van der Waals surface area contributed by atoms with Gasteiger partial charge in [-0.25, -0.2) is 0 Å². The Balaban J connectivity index is 1.74. The molecule has 1 heterocycles. The lowest BCUT2D eigenvalue weighted by atomic mass is 10.2. The molecule has 7 heteroatoms. The van der Waals surface area contributed by atoms with Crippen LogP contribution in [0.2, 0.25) is 5.02 Å². The number of hydrogen-bond donors (Lipinski definition) is 0. The van der Waals surface area contributed by atoms with Gasteiger partial charge in [-0.3, -0.25) is 0 Å². The van der Waals surface area contributed by atoms with E-state index in [9.17, 15) is 0 Å². The van der Waals surface area contributed by atoms with Crippen LogP contribution in [-0.2, 0) is 5.75 Å². The van der Waals surface area contributed by atoms with E-state index < -0.39 is 0 Å². The molecule has 0 bridgehead atoms. The first kappa shape index (κ1) is 17.2. The van der Waals surface area contributed by atoms with Crippen LogP contribution >= 0.6 is 39.3 Å². The fourth-order valence-corrected chi connectivity index (χ4v) is 3.35. The number of rotatable bonds is 5. The fraction of sp³-hybridized carbons (Fsp3) is 0.118. The summed E-state index contributed by atoms with van der Waals surface area (Å²) >= 11 is 11.0. The van der Waals surface area contributed by atoms with Crippen LogP contribution in [0.25, 0.3) is 0 Å². The van der Waals surface area contributed by atoms with E-state index in [-0.39, 0.29) is 0 Å². The van der Waals surface area contributed by atoms with Crippen molar-refractivity contribution in [3.63, 3.8) is 0 Å². The van der Waals surface area contributed by atoms with Crippen molar-refractivity contribution in [3.8, 4) is 0 Å². The molecule has 0 saturated carbocycles. The van der Waals surface area contributed by atoms with Crippen LogP contribution in [0.3, 0.4) is 0 Å². The van der Waals surface area contributed by atoms with Gasteiger partial charge in [0, 0.05) is 15.2 Å². The molecule has 0 saturated heterocycles. The second-order valence-corrected chi connectivity index (χ2v) is 7.35. The smallest absolute Gasteiger partial charge is 0.192 e. The Labute approximate surface area is 158 Å². The highest BCUT2D eigenvalue weighted by Crippen LogP contribution is 2.23. The number of benzene rings is 2. The molecule has 0 aliphatic carbocycles. The summed E-state index contributed by atoms with van der Waals surface area (Å²) in [6.07, 6.45) is 1.76. The van der Waals surface area contributed by atoms with Gasteiger partial charge in [0.05, 0.1) is 6.21 Å². The third-order valence-corrected chi connectivity index (χ3v) is 4.97. The van der Waals surface area contributed by atoms with Crippen LogP contribution < -0.4 is 0 Å². The van der Waals surface area contributed by atoms with E-state index in [1.54, 1.807) is 22.7 Å². The topological polar surface area (TPSA) is 43.1 Å². The zero-order valence-corrected chi connectivity index (χ0v) is 16.0. The Morgan fingerprint density at radius 3 is 2.75 bits per heavy atom. The molecule has 0 spiro atoms. The van der Waals surface area contributed by atoms with Gasteiger partial charge in [-0.15, -0.1) is 10.2 Å². The van der Waals surface area contributed by atoms with Gasteiger partial charge < -0.3 is 0 Å². The maximum atomic E-state index is 6.00. The second kappa shape index (κ2) is 7.96. The molecule has 0 aliphatic rings. The first-order valence-electron chi connectivity index (χ1n) is 7.21. The average Bonchev–Trinajstić information content (AvgIpc) is 2.92. The highest BCUT2D eigenvalue weighted by atomic mass is 79.9. The van der Waals surface area contributed by atoms with E-state index >= 15 is 0 Å². The van der Waals surface area contributed by atoms with Crippen molar-refractivity contribution >= 4 is 45.5 Å². The van der Waals surface area contributed by atoms with E-state index in [1.165, 1.54) is 5.56 Å². The first-order chi connectivity index (χ1) is 11.6. The molecule has 1 aromatic heterocycles. The predicted octanol–water partition coefficient (Wildman–Crippen LogP) is 5.18. The maximum absolute atomic E-state index is 6.00. The van der Waals surface area contributed by atoms with Crippen molar-refractivity contribution in [2.24, 2.45) is 5.10 Å². The quantitative estimate of drug-likeness (QED) is 0.421. The fourth-order valence-electron chi connectivity index (χ4n) is 2.00. The van der Waals surface area contributed by atoms with E-state index in [1.807, 2.05) is 43.3 Å². The number of halogens is 2. The molecule has 0 aliphatic heterocycles. The number of thioether (sulfide) groups is 1. The van der Waals surface area contributed by atoms with E-state index in [0.717, 1.165) is 26.8 Å². The predicted molar refractivity (Wildman–Crippen MR) is 103 cm³/mol. The normalized spacial score (nSPS) is 11.3. The van der Waals surface area contributed by atoms with Crippen LogP contribution in [0.5, 0.6) is 0 Å². The van der Waals surface area contributed by atoms with Crippen molar-refractivity contribution in [2.75, 3.05) is 0 Å². The third kappa shape index (κ3) is 4.47. The van der Waals surface area contributed by atoms with Gasteiger partial charge in [-0.1, -0.05) is 63.6 Å². The van der Waals surface area contributed by atoms with Gasteiger partial charge >= 0.3 is 0 Å². The minimum atomic E-state index is 0.685. The number of aryl methyl sites for hydroxylation is 1. The standard InChI is InChI=1S/C17H14BrClN4S/c1-12-21-22-17(24-11-13-5-7-15(18)8-6-13)23(12)20-10-14-3-2-4-16(19)9-14/h2-10H,11H2,1H3/b20-10+. The minimum absolute atomic E-state index is 0.685. The molecule has 24 heavy (non-hydrogen) atoms. The lowest BCUT2D eigenvalue weighted by Gasteiger charge is -2.03. The van der Waals surface area contributed by atoms with Crippen molar-refractivity contribution in [2.45, 2.75) is 17.8 Å². The highest BCUT2D eigenvalue weighted by molar-refractivity contribution is 9.10. The second-order valence-electron chi connectivity index (χ2n) is 5.06. The number of aromatic nitrogens is 3. The molecule has 2 aromatic carbocycles. The van der Waals surface area contributed by atoms with Gasteiger partial charge in [-0.05, 0) is 42.3 Å². The lowest BCUT2D eigenvalue weighted by molar-refractivity contribution is 0.744. The Morgan fingerprint density at radius 1 is 1.21 bits per heavy atom. The van der Waals surface area contributed by atoms with E-state index in [2.05, 4.69) is 43.4 Å². The Kier molecular flexibility index (Phi) is 5.71. The molecule has 0 unspecified atom stereocenters. The van der Waals surface area contributed by atoms with Gasteiger partial charge in [0.2, 0.25) is 5.16 Å². The zero-order chi connectivity index (χ0) is 16.9. The first-order valence-corrected chi connectivity index (χ1v) is 9.36. The highest BCUT2D eigenvalue weighted by Gasteiger charge is 2.08. The molecule has 3 aromatic rings. The SMILES string of the molecule is Cc1nnc(SCc2ccc(Br)cc2)n1/N=C/c1cccc(Cl)c1. The maximum Gasteiger partial charge on any atom is 0.212 e. The van der Waals surface area contributed by atoms with Gasteiger partial charge in [0.25, 0.3) is 0 Å². The molecule has 4 nitrogen and oxygen atoms in total. The molecule has 0 amide bonds. The summed E-state index contributed by atoms with van der Waals surface area (Å²) in [5.41, 5.74) is 2.15. The number of nitrogens with zero attached hydrogens (tertiary/aromatic N) is 4. The van der Waals surface area contributed by atoms with Crippen LogP contribution in [0, 0.1) is 6.92 Å². The van der Waals surface area contributed by atoms with Crippen molar-refractivity contribution in [1.82, 2.24) is 14.9 Å². The van der Waals surface area contributed by atoms with Crippen LogP contribution in [0.4, 0.5) is 0 Å². The Bertz CT molecular complexity index is 861. The molecule has 0 radical (unpaired) electrons. The van der Waals surface area contributed by atoms with Crippen molar-refractivity contribution in [3.05, 3.63) is 75.0 Å². The summed E-state index contributed by atoms with van der Waals surface area (Å²) in [4.78, 5) is 0. The van der Waals surface area contributed by atoms with Gasteiger partial charge in [0.15, 0.2) is 5.82 Å². The molecule has 0 N–H and O–H groups in total. The van der Waals surface area contributed by atoms with Gasteiger partial charge in [-0.2, -0.15) is 9.78 Å². The summed E-state index contributed by atoms with van der Waals surface area (Å²) < 4.78 is 2.81. The summed E-state index contributed by atoms with van der Waals surface area (Å²) in [5.74, 6) is 1.55. The zero-order valence-electron chi connectivity index (χ0n) is 12.9. The van der Waals surface area contributed by atoms with E-state index in [0.29, 0.717) is 5.02 Å². The number of hydrogen-bond acceptors (Lipinski definition) is 4. The van der Waals surface area contributed by atoms with Crippen molar-refractivity contribution in [1.29, 1.82) is 0 Å². The van der Waals surface area contributed by atoms with Gasteiger partial charge in [0.1, 0.15) is 0 Å². The summed E-state index contributed by atoms with van der Waals surface area (Å²) in [6.45, 7) is 1.88. The molecule has 0 fully saturated rings. The molecule has 0 atom stereocenters. The molecule has 3 rings (SSSR count). The third-order valence-electron chi connectivity index (χ3n) is 3.22. The van der Waals surface area contributed by atoms with Crippen LogP contribution in [0.15, 0.2) is 63.3 Å². The largest absolute Gasteiger partial charge is 0.212 e. The summed E-state index contributed by atoms with van der Waals surface area (Å²) in [5, 5.41) is 14.2.